The number of ether oxygens (including phenoxy) is 1. The molecule has 3 rings (SSSR count). The SMILES string of the molecule is O=C(CS(=O)(=O)CCCc1ccccc1)N1CCCC(C(=O)N2CCOCC2)C1. The summed E-state index contributed by atoms with van der Waals surface area (Å²) in [5, 5.41) is 0. The van der Waals surface area contributed by atoms with Crippen LogP contribution in [0.5, 0.6) is 0 Å². The number of nitrogens with zero attached hydrogens (tertiary/aromatic N) is 2. The topological polar surface area (TPSA) is 84.0 Å². The quantitative estimate of drug-likeness (QED) is 0.658. The number of morpholine rings is 1. The maximum absolute atomic E-state index is 12.7. The Morgan fingerprint density at radius 1 is 1.03 bits per heavy atom. The molecule has 2 aliphatic heterocycles. The number of aryl methyl sites for hydroxylation is 1. The number of sulfone groups is 1. The predicted molar refractivity (Wildman–Crippen MR) is 110 cm³/mol. The molecule has 0 saturated carbocycles. The van der Waals surface area contributed by atoms with E-state index in [1.807, 2.05) is 30.3 Å². The van der Waals surface area contributed by atoms with E-state index >= 15 is 0 Å². The van der Waals surface area contributed by atoms with Crippen molar-refractivity contribution in [3.8, 4) is 0 Å². The third-order valence-electron chi connectivity index (χ3n) is 5.55. The standard InChI is InChI=1S/C21H30N2O5S/c24-20(17-29(26,27)15-5-8-18-6-2-1-3-7-18)23-10-4-9-19(16-23)21(25)22-11-13-28-14-12-22/h1-3,6-7,19H,4-5,8-17H2. The van der Waals surface area contributed by atoms with E-state index in [4.69, 9.17) is 4.74 Å². The molecule has 0 bridgehead atoms. The van der Waals surface area contributed by atoms with Crippen molar-refractivity contribution in [2.75, 3.05) is 50.9 Å². The van der Waals surface area contributed by atoms with Crippen LogP contribution in [0.25, 0.3) is 0 Å². The zero-order valence-corrected chi connectivity index (χ0v) is 17.6. The fourth-order valence-electron chi connectivity index (χ4n) is 3.94. The number of likely N-dealkylation sites (tertiary alicyclic amines) is 1. The second kappa shape index (κ2) is 10.2. The summed E-state index contributed by atoms with van der Waals surface area (Å²) in [5.74, 6) is -1.05. The van der Waals surface area contributed by atoms with Crippen molar-refractivity contribution in [3.63, 3.8) is 0 Å². The fourth-order valence-corrected chi connectivity index (χ4v) is 5.23. The lowest BCUT2D eigenvalue weighted by atomic mass is 9.96. The Bertz CT molecular complexity index is 791. The normalized spacial score (nSPS) is 20.5. The van der Waals surface area contributed by atoms with Crippen LogP contribution in [-0.2, 0) is 30.6 Å². The Balaban J connectivity index is 1.47. The average molecular weight is 423 g/mol. The van der Waals surface area contributed by atoms with Crippen molar-refractivity contribution >= 4 is 21.7 Å². The highest BCUT2D eigenvalue weighted by atomic mass is 32.2. The molecule has 0 spiro atoms. The molecule has 8 heteroatoms. The molecule has 2 saturated heterocycles. The number of carbonyl (C=O) groups is 2. The van der Waals surface area contributed by atoms with Crippen LogP contribution >= 0.6 is 0 Å². The van der Waals surface area contributed by atoms with Gasteiger partial charge in [0.1, 0.15) is 5.75 Å². The Morgan fingerprint density at radius 3 is 2.48 bits per heavy atom. The van der Waals surface area contributed by atoms with Crippen molar-refractivity contribution < 1.29 is 22.7 Å². The van der Waals surface area contributed by atoms with Crippen LogP contribution in [0.4, 0.5) is 0 Å². The third kappa shape index (κ3) is 6.54. The molecule has 1 unspecified atom stereocenters. The number of hydrogen-bond acceptors (Lipinski definition) is 5. The van der Waals surface area contributed by atoms with Crippen molar-refractivity contribution in [2.24, 2.45) is 5.92 Å². The van der Waals surface area contributed by atoms with Crippen molar-refractivity contribution in [2.45, 2.75) is 25.7 Å². The first-order valence-electron chi connectivity index (χ1n) is 10.3. The summed E-state index contributed by atoms with van der Waals surface area (Å²) in [6.45, 7) is 3.09. The van der Waals surface area contributed by atoms with E-state index in [9.17, 15) is 18.0 Å². The Morgan fingerprint density at radius 2 is 1.76 bits per heavy atom. The highest BCUT2D eigenvalue weighted by Crippen LogP contribution is 2.20. The van der Waals surface area contributed by atoms with E-state index in [0.717, 1.165) is 18.4 Å². The van der Waals surface area contributed by atoms with Crippen LogP contribution in [0.3, 0.4) is 0 Å². The van der Waals surface area contributed by atoms with Gasteiger partial charge in [-0.05, 0) is 31.2 Å². The summed E-state index contributed by atoms with van der Waals surface area (Å²) >= 11 is 0. The van der Waals surface area contributed by atoms with Crippen LogP contribution in [0.1, 0.15) is 24.8 Å². The summed E-state index contributed by atoms with van der Waals surface area (Å²) in [6, 6.07) is 9.72. The number of amides is 2. The van der Waals surface area contributed by atoms with Gasteiger partial charge >= 0.3 is 0 Å². The number of rotatable bonds is 7. The van der Waals surface area contributed by atoms with Crippen LogP contribution < -0.4 is 0 Å². The molecule has 1 atom stereocenters. The predicted octanol–water partition coefficient (Wildman–Crippen LogP) is 1.13. The third-order valence-corrected chi connectivity index (χ3v) is 7.15. The minimum absolute atomic E-state index is 0.00237. The molecule has 0 radical (unpaired) electrons. The number of carbonyl (C=O) groups excluding carboxylic acids is 2. The molecule has 2 aliphatic rings. The van der Waals surface area contributed by atoms with E-state index in [2.05, 4.69) is 0 Å². The van der Waals surface area contributed by atoms with Gasteiger partial charge in [-0.1, -0.05) is 30.3 Å². The highest BCUT2D eigenvalue weighted by Gasteiger charge is 2.33. The Labute approximate surface area is 172 Å². The van der Waals surface area contributed by atoms with E-state index < -0.39 is 15.6 Å². The molecule has 160 valence electrons. The van der Waals surface area contributed by atoms with E-state index in [-0.39, 0.29) is 23.5 Å². The van der Waals surface area contributed by atoms with Gasteiger partial charge in [0, 0.05) is 26.2 Å². The molecular formula is C21H30N2O5S. The maximum atomic E-state index is 12.7. The molecule has 1 aromatic carbocycles. The molecule has 0 N–H and O–H groups in total. The fraction of sp³-hybridized carbons (Fsp3) is 0.619. The summed E-state index contributed by atoms with van der Waals surface area (Å²) in [6.07, 6.45) is 2.64. The smallest absolute Gasteiger partial charge is 0.237 e. The zero-order valence-electron chi connectivity index (χ0n) is 16.8. The van der Waals surface area contributed by atoms with Crippen LogP contribution in [0, 0.1) is 5.92 Å². The second-order valence-corrected chi connectivity index (χ2v) is 9.98. The van der Waals surface area contributed by atoms with Crippen LogP contribution in [-0.4, -0.2) is 80.9 Å². The molecule has 2 heterocycles. The summed E-state index contributed by atoms with van der Waals surface area (Å²) in [5.41, 5.74) is 1.09. The van der Waals surface area contributed by atoms with Gasteiger partial charge < -0.3 is 14.5 Å². The monoisotopic (exact) mass is 422 g/mol. The first-order chi connectivity index (χ1) is 13.9. The molecule has 0 aromatic heterocycles. The lowest BCUT2D eigenvalue weighted by Crippen LogP contribution is -2.50. The van der Waals surface area contributed by atoms with Gasteiger partial charge in [-0.15, -0.1) is 0 Å². The van der Waals surface area contributed by atoms with E-state index in [0.29, 0.717) is 52.2 Å². The van der Waals surface area contributed by atoms with E-state index in [1.165, 1.54) is 0 Å². The van der Waals surface area contributed by atoms with Crippen molar-refractivity contribution in [1.82, 2.24) is 9.80 Å². The van der Waals surface area contributed by atoms with Gasteiger partial charge in [0.2, 0.25) is 11.8 Å². The van der Waals surface area contributed by atoms with Gasteiger partial charge in [-0.25, -0.2) is 8.42 Å². The van der Waals surface area contributed by atoms with Crippen LogP contribution in [0.2, 0.25) is 0 Å². The largest absolute Gasteiger partial charge is 0.378 e. The highest BCUT2D eigenvalue weighted by molar-refractivity contribution is 7.92. The van der Waals surface area contributed by atoms with Gasteiger partial charge in [0.25, 0.3) is 0 Å². The number of benzene rings is 1. The van der Waals surface area contributed by atoms with Gasteiger partial charge in [0.05, 0.1) is 24.9 Å². The first-order valence-corrected chi connectivity index (χ1v) is 12.2. The number of piperidine rings is 1. The maximum Gasteiger partial charge on any atom is 0.237 e. The minimum Gasteiger partial charge on any atom is -0.378 e. The zero-order chi connectivity index (χ0) is 20.7. The van der Waals surface area contributed by atoms with E-state index in [1.54, 1.807) is 9.80 Å². The Kier molecular flexibility index (Phi) is 7.66. The van der Waals surface area contributed by atoms with Crippen LogP contribution in [0.15, 0.2) is 30.3 Å². The molecule has 2 fully saturated rings. The molecule has 29 heavy (non-hydrogen) atoms. The Hall–Kier alpha value is -1.93. The molecule has 1 aromatic rings. The molecule has 7 nitrogen and oxygen atoms in total. The molecule has 0 aliphatic carbocycles. The van der Waals surface area contributed by atoms with Gasteiger partial charge in [-0.3, -0.25) is 9.59 Å². The summed E-state index contributed by atoms with van der Waals surface area (Å²) in [4.78, 5) is 28.6. The molecule has 2 amide bonds. The lowest BCUT2D eigenvalue weighted by molar-refractivity contribution is -0.143. The summed E-state index contributed by atoms with van der Waals surface area (Å²) in [7, 11) is -3.46. The average Bonchev–Trinajstić information content (AvgIpc) is 2.74. The number of hydrogen-bond donors (Lipinski definition) is 0. The lowest BCUT2D eigenvalue weighted by Gasteiger charge is -2.36. The van der Waals surface area contributed by atoms with Crippen molar-refractivity contribution in [1.29, 1.82) is 0 Å². The minimum atomic E-state index is -3.46. The summed E-state index contributed by atoms with van der Waals surface area (Å²) < 4.78 is 30.1. The first kappa shape index (κ1) is 21.8. The molecular weight excluding hydrogens is 392 g/mol. The second-order valence-electron chi connectivity index (χ2n) is 7.80. The van der Waals surface area contributed by atoms with Gasteiger partial charge in [-0.2, -0.15) is 0 Å². The van der Waals surface area contributed by atoms with Crippen molar-refractivity contribution in [3.05, 3.63) is 35.9 Å². The van der Waals surface area contributed by atoms with Gasteiger partial charge in [0.15, 0.2) is 9.84 Å².